The molecule has 1 aliphatic rings. The first-order valence-electron chi connectivity index (χ1n) is 2.49. The molecular formula is C6H8S. The lowest BCUT2D eigenvalue weighted by Crippen LogP contribution is -1.75. The summed E-state index contributed by atoms with van der Waals surface area (Å²) in [6.07, 6.45) is 4.40. The van der Waals surface area contributed by atoms with Gasteiger partial charge >= 0.3 is 0 Å². The molecule has 0 amide bonds. The van der Waals surface area contributed by atoms with Crippen molar-refractivity contribution >= 4 is 17.1 Å². The molecule has 0 saturated heterocycles. The van der Waals surface area contributed by atoms with Gasteiger partial charge in [-0.1, -0.05) is 17.8 Å². The molecule has 0 bridgehead atoms. The van der Waals surface area contributed by atoms with E-state index < -0.39 is 0 Å². The smallest absolute Gasteiger partial charge is 0.0154 e. The van der Waals surface area contributed by atoms with Crippen LogP contribution in [0.25, 0.3) is 0 Å². The van der Waals surface area contributed by atoms with Crippen molar-refractivity contribution < 1.29 is 0 Å². The minimum absolute atomic E-state index is 1.11. The van der Waals surface area contributed by atoms with Crippen molar-refractivity contribution in [1.29, 1.82) is 0 Å². The molecule has 0 saturated carbocycles. The van der Waals surface area contributed by atoms with Gasteiger partial charge in [0.1, 0.15) is 0 Å². The molecular weight excluding hydrogens is 104 g/mol. The predicted molar refractivity (Wildman–Crippen MR) is 35.6 cm³/mol. The average Bonchev–Trinajstić information content (AvgIpc) is 1.87. The first-order chi connectivity index (χ1) is 3.29. The van der Waals surface area contributed by atoms with E-state index in [9.17, 15) is 0 Å². The van der Waals surface area contributed by atoms with Gasteiger partial charge in [-0.05, 0) is 25.8 Å². The number of rotatable bonds is 0. The van der Waals surface area contributed by atoms with E-state index in [-0.39, 0.29) is 0 Å². The van der Waals surface area contributed by atoms with Gasteiger partial charge in [-0.15, -0.1) is 0 Å². The summed E-state index contributed by atoms with van der Waals surface area (Å²) in [5.74, 6) is 0. The molecule has 0 N–H and O–H groups in total. The monoisotopic (exact) mass is 112 g/mol. The maximum atomic E-state index is 4.92. The van der Waals surface area contributed by atoms with Crippen LogP contribution in [0.4, 0.5) is 0 Å². The van der Waals surface area contributed by atoms with E-state index in [1.54, 1.807) is 0 Å². The van der Waals surface area contributed by atoms with Gasteiger partial charge in [0.2, 0.25) is 0 Å². The molecule has 1 rings (SSSR count). The minimum atomic E-state index is 1.11. The van der Waals surface area contributed by atoms with Gasteiger partial charge in [0, 0.05) is 4.86 Å². The Morgan fingerprint density at radius 3 is 2.43 bits per heavy atom. The average molecular weight is 112 g/mol. The Morgan fingerprint density at radius 1 is 1.57 bits per heavy atom. The Bertz CT molecular complexity index is 122. The zero-order valence-electron chi connectivity index (χ0n) is 4.40. The highest BCUT2D eigenvalue weighted by atomic mass is 32.1. The van der Waals surface area contributed by atoms with E-state index in [1.165, 1.54) is 12.0 Å². The fourth-order valence-corrected chi connectivity index (χ4v) is 1.04. The van der Waals surface area contributed by atoms with Crippen LogP contribution >= 0.6 is 12.2 Å². The normalized spacial score (nSPS) is 20.1. The zero-order valence-corrected chi connectivity index (χ0v) is 5.22. The molecule has 0 fully saturated rings. The third-order valence-electron chi connectivity index (χ3n) is 1.17. The van der Waals surface area contributed by atoms with Crippen LogP contribution in [0.5, 0.6) is 0 Å². The molecule has 0 spiro atoms. The lowest BCUT2D eigenvalue weighted by atomic mass is 10.3. The second-order valence-electron chi connectivity index (χ2n) is 1.96. The molecule has 0 radical (unpaired) electrons. The predicted octanol–water partition coefficient (Wildman–Crippen LogP) is 2.10. The molecule has 0 heterocycles. The van der Waals surface area contributed by atoms with Crippen molar-refractivity contribution in [2.45, 2.75) is 19.8 Å². The van der Waals surface area contributed by atoms with Crippen molar-refractivity contribution in [3.05, 3.63) is 11.6 Å². The fraction of sp³-hybridized carbons (Fsp3) is 0.500. The third-order valence-corrected chi connectivity index (χ3v) is 1.50. The van der Waals surface area contributed by atoms with Crippen LogP contribution in [0, 0.1) is 0 Å². The summed E-state index contributed by atoms with van der Waals surface area (Å²) in [6.45, 7) is 2.12. The molecule has 0 atom stereocenters. The lowest BCUT2D eigenvalue weighted by Gasteiger charge is -1.79. The van der Waals surface area contributed by atoms with Gasteiger partial charge in [-0.25, -0.2) is 0 Å². The highest BCUT2D eigenvalue weighted by Gasteiger charge is 2.01. The van der Waals surface area contributed by atoms with Crippen molar-refractivity contribution in [1.82, 2.24) is 0 Å². The molecule has 0 aromatic carbocycles. The van der Waals surface area contributed by atoms with Gasteiger partial charge < -0.3 is 0 Å². The quantitative estimate of drug-likeness (QED) is 0.432. The largest absolute Gasteiger partial charge is 0.0849 e. The number of thiocarbonyl (C=S) groups is 1. The second-order valence-corrected chi connectivity index (χ2v) is 2.48. The van der Waals surface area contributed by atoms with Crippen molar-refractivity contribution in [3.63, 3.8) is 0 Å². The van der Waals surface area contributed by atoms with E-state index >= 15 is 0 Å². The van der Waals surface area contributed by atoms with Gasteiger partial charge in [0.05, 0.1) is 0 Å². The summed E-state index contributed by atoms with van der Waals surface area (Å²) >= 11 is 4.92. The molecule has 0 aromatic heterocycles. The van der Waals surface area contributed by atoms with Crippen LogP contribution in [0.3, 0.4) is 0 Å². The summed E-state index contributed by atoms with van der Waals surface area (Å²) in [4.78, 5) is 1.12. The molecule has 7 heavy (non-hydrogen) atoms. The summed E-state index contributed by atoms with van der Waals surface area (Å²) in [6, 6.07) is 0. The molecule has 0 aliphatic heterocycles. The SMILES string of the molecule is CC1=CC(=S)CC1. The molecule has 0 nitrogen and oxygen atoms in total. The Morgan fingerprint density at radius 2 is 2.29 bits per heavy atom. The number of hydrogen-bond donors (Lipinski definition) is 0. The van der Waals surface area contributed by atoms with Crippen LogP contribution in [0.15, 0.2) is 11.6 Å². The summed E-state index contributed by atoms with van der Waals surface area (Å²) in [7, 11) is 0. The fourth-order valence-electron chi connectivity index (χ4n) is 0.740. The Hall–Kier alpha value is -0.170. The number of allylic oxidation sites excluding steroid dienone is 2. The zero-order chi connectivity index (χ0) is 5.28. The first-order valence-corrected chi connectivity index (χ1v) is 2.90. The summed E-state index contributed by atoms with van der Waals surface area (Å²) in [5.41, 5.74) is 1.44. The van der Waals surface area contributed by atoms with E-state index in [4.69, 9.17) is 12.2 Å². The number of hydrogen-bond acceptors (Lipinski definition) is 1. The molecule has 1 heteroatoms. The highest BCUT2D eigenvalue weighted by molar-refractivity contribution is 7.80. The highest BCUT2D eigenvalue weighted by Crippen LogP contribution is 2.13. The summed E-state index contributed by atoms with van der Waals surface area (Å²) < 4.78 is 0. The topological polar surface area (TPSA) is 0 Å². The van der Waals surface area contributed by atoms with E-state index in [0.29, 0.717) is 0 Å². The van der Waals surface area contributed by atoms with Gasteiger partial charge in [-0.2, -0.15) is 0 Å². The van der Waals surface area contributed by atoms with Crippen LogP contribution in [0.1, 0.15) is 19.8 Å². The maximum Gasteiger partial charge on any atom is 0.0154 e. The van der Waals surface area contributed by atoms with Crippen LogP contribution in [-0.4, -0.2) is 4.86 Å². The molecule has 38 valence electrons. The van der Waals surface area contributed by atoms with Gasteiger partial charge in [-0.3, -0.25) is 0 Å². The van der Waals surface area contributed by atoms with Crippen molar-refractivity contribution in [3.8, 4) is 0 Å². The van der Waals surface area contributed by atoms with E-state index in [2.05, 4.69) is 13.0 Å². The maximum absolute atomic E-state index is 4.92. The minimum Gasteiger partial charge on any atom is -0.0849 e. The third kappa shape index (κ3) is 1.10. The van der Waals surface area contributed by atoms with Gasteiger partial charge in [0.15, 0.2) is 0 Å². The van der Waals surface area contributed by atoms with Crippen LogP contribution < -0.4 is 0 Å². The molecule has 0 unspecified atom stereocenters. The second kappa shape index (κ2) is 1.74. The summed E-state index contributed by atoms with van der Waals surface area (Å²) in [5, 5.41) is 0. The van der Waals surface area contributed by atoms with E-state index in [1.807, 2.05) is 0 Å². The Kier molecular flexibility index (Phi) is 1.24. The lowest BCUT2D eigenvalue weighted by molar-refractivity contribution is 1.07. The first kappa shape index (κ1) is 4.98. The van der Waals surface area contributed by atoms with Crippen molar-refractivity contribution in [2.24, 2.45) is 0 Å². The Labute approximate surface area is 49.2 Å². The van der Waals surface area contributed by atoms with Crippen LogP contribution in [-0.2, 0) is 0 Å². The Balaban J connectivity index is 2.67. The van der Waals surface area contributed by atoms with E-state index in [0.717, 1.165) is 11.3 Å². The molecule has 1 aliphatic carbocycles. The van der Waals surface area contributed by atoms with Crippen molar-refractivity contribution in [2.75, 3.05) is 0 Å². The molecule has 0 aromatic rings. The van der Waals surface area contributed by atoms with Crippen LogP contribution in [0.2, 0.25) is 0 Å². The standard InChI is InChI=1S/C6H8S/c1-5-2-3-6(7)4-5/h4H,2-3H2,1H3. The van der Waals surface area contributed by atoms with Gasteiger partial charge in [0.25, 0.3) is 0 Å².